The fourth-order valence-electron chi connectivity index (χ4n) is 2.40. The summed E-state index contributed by atoms with van der Waals surface area (Å²) >= 11 is 0. The number of hydrogen-bond acceptors (Lipinski definition) is 3. The lowest BCUT2D eigenvalue weighted by atomic mass is 10.2. The van der Waals surface area contributed by atoms with Gasteiger partial charge in [0.1, 0.15) is 0 Å². The summed E-state index contributed by atoms with van der Waals surface area (Å²) < 4.78 is 3.34. The maximum absolute atomic E-state index is 12.4. The molecule has 0 aliphatic rings. The lowest BCUT2D eigenvalue weighted by Gasteiger charge is -2.06. The molecule has 0 amide bonds. The minimum Gasteiger partial charge on any atom is -0.308 e. The predicted molar refractivity (Wildman–Crippen MR) is 74.3 cm³/mol. The molecule has 0 spiro atoms. The van der Waals surface area contributed by atoms with Crippen LogP contribution in [0.4, 0.5) is 0 Å². The highest BCUT2D eigenvalue weighted by Gasteiger charge is 2.14. The maximum atomic E-state index is 12.4. The van der Waals surface area contributed by atoms with E-state index in [-0.39, 0.29) is 5.56 Å². The first-order valence-electron chi connectivity index (χ1n) is 6.56. The number of aryl methyl sites for hydroxylation is 2. The molecule has 5 heteroatoms. The Kier molecular flexibility index (Phi) is 2.81. The van der Waals surface area contributed by atoms with E-state index in [0.29, 0.717) is 5.52 Å². The molecule has 1 aromatic carbocycles. The SMILES string of the molecule is CCCCc1nnn2c1c(=O)n(C)c1ccccc12. The summed E-state index contributed by atoms with van der Waals surface area (Å²) in [4.78, 5) is 12.4. The van der Waals surface area contributed by atoms with Gasteiger partial charge in [-0.05, 0) is 25.0 Å². The minimum atomic E-state index is -0.0326. The second-order valence-corrected chi connectivity index (χ2v) is 4.75. The van der Waals surface area contributed by atoms with Gasteiger partial charge in [0.25, 0.3) is 5.56 Å². The highest BCUT2D eigenvalue weighted by molar-refractivity contribution is 5.78. The van der Waals surface area contributed by atoms with Crippen molar-refractivity contribution in [3.05, 3.63) is 40.3 Å². The molecule has 0 bridgehead atoms. The standard InChI is InChI=1S/C14H16N4O/c1-3-4-7-10-13-14(19)17(2)11-8-5-6-9-12(11)18(13)16-15-10/h5-6,8-9H,3-4,7H2,1-2H3. The van der Waals surface area contributed by atoms with E-state index in [2.05, 4.69) is 17.2 Å². The second-order valence-electron chi connectivity index (χ2n) is 4.75. The van der Waals surface area contributed by atoms with Gasteiger partial charge >= 0.3 is 0 Å². The zero-order chi connectivity index (χ0) is 13.4. The first kappa shape index (κ1) is 11.9. The number of nitrogens with zero attached hydrogens (tertiary/aromatic N) is 4. The highest BCUT2D eigenvalue weighted by atomic mass is 16.1. The fourth-order valence-corrected chi connectivity index (χ4v) is 2.40. The number of benzene rings is 1. The minimum absolute atomic E-state index is 0.0326. The van der Waals surface area contributed by atoms with Crippen molar-refractivity contribution >= 4 is 16.6 Å². The summed E-state index contributed by atoms with van der Waals surface area (Å²) in [5.74, 6) is 0. The van der Waals surface area contributed by atoms with Crippen LogP contribution in [0.3, 0.4) is 0 Å². The number of hydrogen-bond donors (Lipinski definition) is 0. The largest absolute Gasteiger partial charge is 0.308 e. The molecule has 0 unspecified atom stereocenters. The molecule has 0 atom stereocenters. The van der Waals surface area contributed by atoms with Crippen LogP contribution in [0, 0.1) is 0 Å². The van der Waals surface area contributed by atoms with E-state index in [1.165, 1.54) is 0 Å². The summed E-state index contributed by atoms with van der Waals surface area (Å²) in [6.45, 7) is 2.12. The predicted octanol–water partition coefficient (Wildman–Crippen LogP) is 1.92. The van der Waals surface area contributed by atoms with Gasteiger partial charge in [-0.15, -0.1) is 5.10 Å². The van der Waals surface area contributed by atoms with E-state index in [9.17, 15) is 4.79 Å². The van der Waals surface area contributed by atoms with Crippen LogP contribution in [0.25, 0.3) is 16.6 Å². The average Bonchev–Trinajstić information content (AvgIpc) is 2.86. The Labute approximate surface area is 110 Å². The quantitative estimate of drug-likeness (QED) is 0.719. The van der Waals surface area contributed by atoms with E-state index in [1.54, 1.807) is 16.1 Å². The van der Waals surface area contributed by atoms with Gasteiger partial charge in [-0.3, -0.25) is 4.79 Å². The third kappa shape index (κ3) is 1.73. The van der Waals surface area contributed by atoms with Gasteiger partial charge in [0, 0.05) is 7.05 Å². The van der Waals surface area contributed by atoms with Crippen molar-refractivity contribution in [1.29, 1.82) is 0 Å². The first-order chi connectivity index (χ1) is 9.24. The molecule has 98 valence electrons. The topological polar surface area (TPSA) is 52.2 Å². The molecule has 0 aliphatic heterocycles. The van der Waals surface area contributed by atoms with E-state index >= 15 is 0 Å². The number of para-hydroxylation sites is 2. The van der Waals surface area contributed by atoms with E-state index < -0.39 is 0 Å². The van der Waals surface area contributed by atoms with Crippen molar-refractivity contribution in [3.63, 3.8) is 0 Å². The van der Waals surface area contributed by atoms with Crippen molar-refractivity contribution in [2.24, 2.45) is 7.05 Å². The summed E-state index contributed by atoms with van der Waals surface area (Å²) in [6, 6.07) is 7.74. The van der Waals surface area contributed by atoms with E-state index in [0.717, 1.165) is 36.0 Å². The summed E-state index contributed by atoms with van der Waals surface area (Å²) in [5.41, 5.74) is 3.15. The van der Waals surface area contributed by atoms with E-state index in [4.69, 9.17) is 0 Å². The molecule has 3 aromatic rings. The molecule has 19 heavy (non-hydrogen) atoms. The smallest absolute Gasteiger partial charge is 0.278 e. The van der Waals surface area contributed by atoms with Gasteiger partial charge in [-0.25, -0.2) is 4.52 Å². The number of unbranched alkanes of at least 4 members (excludes halogenated alkanes) is 1. The third-order valence-corrected chi connectivity index (χ3v) is 3.49. The average molecular weight is 256 g/mol. The van der Waals surface area contributed by atoms with Crippen molar-refractivity contribution in [2.75, 3.05) is 0 Å². The molecule has 0 saturated carbocycles. The van der Waals surface area contributed by atoms with Crippen molar-refractivity contribution in [1.82, 2.24) is 19.4 Å². The first-order valence-corrected chi connectivity index (χ1v) is 6.56. The van der Waals surface area contributed by atoms with Crippen LogP contribution in [0.2, 0.25) is 0 Å². The van der Waals surface area contributed by atoms with Gasteiger partial charge < -0.3 is 4.57 Å². The van der Waals surface area contributed by atoms with Crippen molar-refractivity contribution in [3.8, 4) is 0 Å². The molecule has 2 heterocycles. The Morgan fingerprint density at radius 3 is 2.68 bits per heavy atom. The molecule has 3 rings (SSSR count). The zero-order valence-corrected chi connectivity index (χ0v) is 11.1. The summed E-state index contributed by atoms with van der Waals surface area (Å²) in [5, 5.41) is 8.34. The van der Waals surface area contributed by atoms with Gasteiger partial charge in [-0.2, -0.15) is 0 Å². The molecule has 0 N–H and O–H groups in total. The van der Waals surface area contributed by atoms with Crippen LogP contribution >= 0.6 is 0 Å². The lowest BCUT2D eigenvalue weighted by Crippen LogP contribution is -2.20. The van der Waals surface area contributed by atoms with E-state index in [1.807, 2.05) is 24.3 Å². The van der Waals surface area contributed by atoms with Gasteiger partial charge in [0.05, 0.1) is 16.7 Å². The Morgan fingerprint density at radius 2 is 1.95 bits per heavy atom. The fraction of sp³-hybridized carbons (Fsp3) is 0.357. The van der Waals surface area contributed by atoms with Crippen LogP contribution in [0.1, 0.15) is 25.5 Å². The van der Waals surface area contributed by atoms with Crippen LogP contribution in [-0.4, -0.2) is 19.4 Å². The Balaban J connectivity index is 2.39. The molecule has 2 aromatic heterocycles. The lowest BCUT2D eigenvalue weighted by molar-refractivity contribution is 0.769. The maximum Gasteiger partial charge on any atom is 0.278 e. The van der Waals surface area contributed by atoms with Crippen LogP contribution < -0.4 is 5.56 Å². The van der Waals surface area contributed by atoms with Crippen LogP contribution in [0.5, 0.6) is 0 Å². The zero-order valence-electron chi connectivity index (χ0n) is 11.1. The molecule has 0 radical (unpaired) electrons. The molecule has 0 aliphatic carbocycles. The molecular formula is C14H16N4O. The Bertz CT molecular complexity index is 800. The van der Waals surface area contributed by atoms with Gasteiger partial charge in [0.15, 0.2) is 5.52 Å². The normalized spacial score (nSPS) is 11.5. The van der Waals surface area contributed by atoms with Gasteiger partial charge in [0.2, 0.25) is 0 Å². The molecule has 5 nitrogen and oxygen atoms in total. The van der Waals surface area contributed by atoms with Crippen LogP contribution in [0.15, 0.2) is 29.1 Å². The Hall–Kier alpha value is -2.17. The summed E-state index contributed by atoms with van der Waals surface area (Å²) in [7, 11) is 1.79. The van der Waals surface area contributed by atoms with Crippen molar-refractivity contribution in [2.45, 2.75) is 26.2 Å². The number of rotatable bonds is 3. The summed E-state index contributed by atoms with van der Waals surface area (Å²) in [6.07, 6.45) is 2.89. The van der Waals surface area contributed by atoms with Crippen molar-refractivity contribution < 1.29 is 0 Å². The monoisotopic (exact) mass is 256 g/mol. The second kappa shape index (κ2) is 4.50. The van der Waals surface area contributed by atoms with Crippen LogP contribution in [-0.2, 0) is 13.5 Å². The molecule has 0 fully saturated rings. The third-order valence-electron chi connectivity index (χ3n) is 3.49. The highest BCUT2D eigenvalue weighted by Crippen LogP contribution is 2.15. The number of fused-ring (bicyclic) bond motifs is 3. The Morgan fingerprint density at radius 1 is 1.21 bits per heavy atom. The molecular weight excluding hydrogens is 240 g/mol. The number of aromatic nitrogens is 4. The molecule has 0 saturated heterocycles. The van der Waals surface area contributed by atoms with Gasteiger partial charge in [-0.1, -0.05) is 30.7 Å².